The Morgan fingerprint density at radius 2 is 1.90 bits per heavy atom. The molecule has 0 saturated heterocycles. The fourth-order valence-corrected chi connectivity index (χ4v) is 2.76. The molecule has 1 N–H and O–H groups in total. The highest BCUT2D eigenvalue weighted by Gasteiger charge is 2.49. The number of hydrogen-bond acceptors (Lipinski definition) is 4. The number of nitrogens with zero attached hydrogens (tertiary/aromatic N) is 3. The zero-order valence-electron chi connectivity index (χ0n) is 12.0. The Bertz CT molecular complexity index is 505. The minimum absolute atomic E-state index is 0.0102. The van der Waals surface area contributed by atoms with Gasteiger partial charge in [-0.2, -0.15) is 5.11 Å². The number of aliphatic hydroxyl groups excluding tert-OH is 1. The van der Waals surface area contributed by atoms with Crippen molar-refractivity contribution in [2.45, 2.75) is 32.9 Å². The van der Waals surface area contributed by atoms with E-state index >= 15 is 0 Å². The van der Waals surface area contributed by atoms with Gasteiger partial charge in [0.15, 0.2) is 5.66 Å². The van der Waals surface area contributed by atoms with Crippen LogP contribution in [0.25, 0.3) is 0 Å². The van der Waals surface area contributed by atoms with Crippen molar-refractivity contribution in [3.05, 3.63) is 34.9 Å². The molecular weight excluding hydrogens is 274 g/mol. The van der Waals surface area contributed by atoms with Crippen LogP contribution < -0.4 is 0 Å². The maximum absolute atomic E-state index is 9.83. The third kappa shape index (κ3) is 2.76. The van der Waals surface area contributed by atoms with E-state index in [2.05, 4.69) is 36.0 Å². The fraction of sp³-hybridized carbons (Fsp3) is 0.533. The molecule has 4 nitrogen and oxygen atoms in total. The predicted molar refractivity (Wildman–Crippen MR) is 81.3 cm³/mol. The topological polar surface area (TPSA) is 57.3 Å². The summed E-state index contributed by atoms with van der Waals surface area (Å²) in [5.74, 6) is -0.119. The minimum Gasteiger partial charge on any atom is -0.396 e. The zero-order chi connectivity index (χ0) is 14.8. The maximum Gasteiger partial charge on any atom is 0.182 e. The molecule has 0 spiro atoms. The molecule has 0 aliphatic carbocycles. The van der Waals surface area contributed by atoms with Gasteiger partial charge in [0, 0.05) is 16.4 Å². The molecule has 2 rings (SSSR count). The lowest BCUT2D eigenvalue weighted by molar-refractivity contribution is 0.0728. The van der Waals surface area contributed by atoms with Crippen LogP contribution in [0.5, 0.6) is 0 Å². The molecule has 0 saturated carbocycles. The lowest BCUT2D eigenvalue weighted by atomic mass is 9.71. The molecule has 0 bridgehead atoms. The lowest BCUT2D eigenvalue weighted by Gasteiger charge is -2.40. The standard InChI is InChI=1S/C15H20ClN3O/c1-14(2,3)15(17-10-18-19-15)12(9-20)8-11-4-6-13(16)7-5-11/h4-7,10,12,20H,8-9H2,1-3H3. The molecular formula is C15H20ClN3O. The number of rotatable bonds is 4. The van der Waals surface area contributed by atoms with Crippen molar-refractivity contribution in [1.29, 1.82) is 0 Å². The first-order valence-electron chi connectivity index (χ1n) is 6.70. The van der Waals surface area contributed by atoms with Gasteiger partial charge >= 0.3 is 0 Å². The van der Waals surface area contributed by atoms with Gasteiger partial charge in [-0.05, 0) is 24.1 Å². The van der Waals surface area contributed by atoms with Gasteiger partial charge in [0.1, 0.15) is 6.34 Å². The average Bonchev–Trinajstić information content (AvgIpc) is 2.88. The van der Waals surface area contributed by atoms with Crippen LogP contribution >= 0.6 is 11.6 Å². The Morgan fingerprint density at radius 3 is 2.35 bits per heavy atom. The Morgan fingerprint density at radius 1 is 1.25 bits per heavy atom. The number of hydrogen-bond donors (Lipinski definition) is 1. The molecule has 1 aliphatic heterocycles. The third-order valence-electron chi connectivity index (χ3n) is 3.81. The van der Waals surface area contributed by atoms with E-state index in [1.807, 2.05) is 24.3 Å². The summed E-state index contributed by atoms with van der Waals surface area (Å²) in [7, 11) is 0. The first-order valence-corrected chi connectivity index (χ1v) is 7.08. The molecule has 0 amide bonds. The van der Waals surface area contributed by atoms with Crippen molar-refractivity contribution < 1.29 is 5.11 Å². The van der Waals surface area contributed by atoms with E-state index in [1.165, 1.54) is 6.34 Å². The molecule has 2 atom stereocenters. The Hall–Kier alpha value is -1.26. The monoisotopic (exact) mass is 293 g/mol. The summed E-state index contributed by atoms with van der Waals surface area (Å²) in [6.45, 7) is 6.22. The van der Waals surface area contributed by atoms with Gasteiger partial charge in [-0.25, -0.2) is 4.99 Å². The molecule has 108 valence electrons. The van der Waals surface area contributed by atoms with E-state index in [4.69, 9.17) is 11.6 Å². The van der Waals surface area contributed by atoms with Crippen LogP contribution in [0.3, 0.4) is 0 Å². The van der Waals surface area contributed by atoms with Crippen molar-refractivity contribution >= 4 is 17.9 Å². The molecule has 1 aromatic carbocycles. The summed E-state index contributed by atoms with van der Waals surface area (Å²) in [6, 6.07) is 7.65. The highest BCUT2D eigenvalue weighted by molar-refractivity contribution is 6.30. The average molecular weight is 294 g/mol. The van der Waals surface area contributed by atoms with Crippen LogP contribution in [0.2, 0.25) is 5.02 Å². The first kappa shape index (κ1) is 15.1. The molecule has 20 heavy (non-hydrogen) atoms. The zero-order valence-corrected chi connectivity index (χ0v) is 12.8. The maximum atomic E-state index is 9.83. The van der Waals surface area contributed by atoms with Crippen LogP contribution in [0.1, 0.15) is 26.3 Å². The lowest BCUT2D eigenvalue weighted by Crippen LogP contribution is -2.47. The Balaban J connectivity index is 2.29. The van der Waals surface area contributed by atoms with Crippen LogP contribution in [-0.2, 0) is 6.42 Å². The Labute approximate surface area is 124 Å². The van der Waals surface area contributed by atoms with Crippen molar-refractivity contribution in [3.63, 3.8) is 0 Å². The minimum atomic E-state index is -0.707. The second kappa shape index (κ2) is 5.62. The SMILES string of the molecule is CC(C)(C)C1(C(CO)Cc2ccc(Cl)cc2)N=CN=N1. The number of aliphatic hydroxyl groups is 1. The highest BCUT2D eigenvalue weighted by Crippen LogP contribution is 2.44. The summed E-state index contributed by atoms with van der Waals surface area (Å²) >= 11 is 5.90. The van der Waals surface area contributed by atoms with Crippen molar-refractivity contribution in [3.8, 4) is 0 Å². The summed E-state index contributed by atoms with van der Waals surface area (Å²) in [4.78, 5) is 4.48. The van der Waals surface area contributed by atoms with Gasteiger partial charge in [-0.3, -0.25) is 0 Å². The van der Waals surface area contributed by atoms with Gasteiger partial charge < -0.3 is 5.11 Å². The van der Waals surface area contributed by atoms with Gasteiger partial charge in [0.25, 0.3) is 0 Å². The van der Waals surface area contributed by atoms with Crippen molar-refractivity contribution in [2.24, 2.45) is 26.6 Å². The quantitative estimate of drug-likeness (QED) is 0.903. The summed E-state index contributed by atoms with van der Waals surface area (Å²) in [5, 5.41) is 18.8. The van der Waals surface area contributed by atoms with E-state index in [1.54, 1.807) is 0 Å². The van der Waals surface area contributed by atoms with E-state index < -0.39 is 5.66 Å². The molecule has 2 unspecified atom stereocenters. The smallest absolute Gasteiger partial charge is 0.182 e. The molecule has 1 aliphatic rings. The normalized spacial score (nSPS) is 23.2. The van der Waals surface area contributed by atoms with Crippen LogP contribution in [0, 0.1) is 11.3 Å². The van der Waals surface area contributed by atoms with Crippen LogP contribution in [0.4, 0.5) is 0 Å². The van der Waals surface area contributed by atoms with E-state index in [0.29, 0.717) is 11.4 Å². The highest BCUT2D eigenvalue weighted by atomic mass is 35.5. The molecule has 0 fully saturated rings. The van der Waals surface area contributed by atoms with Gasteiger partial charge in [0.05, 0.1) is 6.61 Å². The van der Waals surface area contributed by atoms with E-state index in [0.717, 1.165) is 5.56 Å². The van der Waals surface area contributed by atoms with Crippen molar-refractivity contribution in [2.75, 3.05) is 6.61 Å². The summed E-state index contributed by atoms with van der Waals surface area (Å²) in [6.07, 6.45) is 2.16. The number of aliphatic imine (C=N–C) groups is 1. The molecule has 1 heterocycles. The second-order valence-corrected chi connectivity index (χ2v) is 6.58. The number of azo groups is 1. The van der Waals surface area contributed by atoms with E-state index in [-0.39, 0.29) is 17.9 Å². The third-order valence-corrected chi connectivity index (χ3v) is 4.06. The molecule has 5 heteroatoms. The fourth-order valence-electron chi connectivity index (χ4n) is 2.64. The van der Waals surface area contributed by atoms with Gasteiger partial charge in [0.2, 0.25) is 0 Å². The van der Waals surface area contributed by atoms with Crippen LogP contribution in [-0.4, -0.2) is 23.7 Å². The first-order chi connectivity index (χ1) is 9.39. The van der Waals surface area contributed by atoms with Crippen molar-refractivity contribution in [1.82, 2.24) is 0 Å². The summed E-state index contributed by atoms with van der Waals surface area (Å²) < 4.78 is 0. The van der Waals surface area contributed by atoms with Gasteiger partial charge in [-0.1, -0.05) is 44.5 Å². The molecule has 0 aromatic heterocycles. The Kier molecular flexibility index (Phi) is 4.25. The van der Waals surface area contributed by atoms with Gasteiger partial charge in [-0.15, -0.1) is 5.11 Å². The number of halogens is 1. The van der Waals surface area contributed by atoms with Crippen LogP contribution in [0.15, 0.2) is 39.5 Å². The van der Waals surface area contributed by atoms with E-state index in [9.17, 15) is 5.11 Å². The second-order valence-electron chi connectivity index (χ2n) is 6.15. The summed E-state index contributed by atoms with van der Waals surface area (Å²) in [5.41, 5.74) is 0.180. The number of benzene rings is 1. The largest absolute Gasteiger partial charge is 0.396 e. The molecule has 1 aromatic rings. The predicted octanol–water partition coefficient (Wildman–Crippen LogP) is 3.73. The molecule has 0 radical (unpaired) electrons.